The van der Waals surface area contributed by atoms with E-state index in [1.807, 2.05) is 6.07 Å². The van der Waals surface area contributed by atoms with Crippen LogP contribution in [0.5, 0.6) is 0 Å². The second-order valence-electron chi connectivity index (χ2n) is 6.56. The molecule has 0 aromatic carbocycles. The molecule has 1 unspecified atom stereocenters. The number of amides is 1. The molecule has 1 amide bonds. The topological polar surface area (TPSA) is 103 Å². The van der Waals surface area contributed by atoms with Crippen molar-refractivity contribution in [2.45, 2.75) is 31.1 Å². The van der Waals surface area contributed by atoms with Gasteiger partial charge in [0, 0.05) is 31.3 Å². The summed E-state index contributed by atoms with van der Waals surface area (Å²) in [5.74, 6) is 0.0811. The molecule has 0 saturated carbocycles. The molecule has 0 bridgehead atoms. The van der Waals surface area contributed by atoms with E-state index in [2.05, 4.69) is 15.4 Å². The van der Waals surface area contributed by atoms with Gasteiger partial charge in [-0.25, -0.2) is 18.1 Å². The third kappa shape index (κ3) is 3.36. The first-order valence-electron chi connectivity index (χ1n) is 8.66. The van der Waals surface area contributed by atoms with Gasteiger partial charge in [-0.1, -0.05) is 6.07 Å². The number of sulfone groups is 1. The van der Waals surface area contributed by atoms with Gasteiger partial charge in [-0.2, -0.15) is 5.10 Å². The molecule has 8 nitrogen and oxygen atoms in total. The van der Waals surface area contributed by atoms with E-state index in [1.165, 1.54) is 0 Å². The molecule has 0 aliphatic carbocycles. The van der Waals surface area contributed by atoms with E-state index in [4.69, 9.17) is 4.74 Å². The number of nitrogens with zero attached hydrogens (tertiary/aromatic N) is 3. The molecule has 2 aliphatic rings. The zero-order valence-electron chi connectivity index (χ0n) is 14.2. The second kappa shape index (κ2) is 6.81. The van der Waals surface area contributed by atoms with Gasteiger partial charge in [0.15, 0.2) is 21.3 Å². The van der Waals surface area contributed by atoms with Crippen molar-refractivity contribution in [3.8, 4) is 5.82 Å². The summed E-state index contributed by atoms with van der Waals surface area (Å²) in [5.41, 5.74) is 1.37. The average molecular weight is 376 g/mol. The van der Waals surface area contributed by atoms with Crippen molar-refractivity contribution in [1.29, 1.82) is 0 Å². The maximum atomic E-state index is 12.7. The lowest BCUT2D eigenvalue weighted by molar-refractivity contribution is 0.0853. The monoisotopic (exact) mass is 376 g/mol. The van der Waals surface area contributed by atoms with Gasteiger partial charge in [0.25, 0.3) is 5.91 Å². The third-order valence-corrected chi connectivity index (χ3v) is 6.25. The van der Waals surface area contributed by atoms with Crippen molar-refractivity contribution < 1.29 is 17.9 Å². The van der Waals surface area contributed by atoms with Gasteiger partial charge < -0.3 is 10.1 Å². The first-order chi connectivity index (χ1) is 12.5. The molecular formula is C17H20N4O4S. The van der Waals surface area contributed by atoms with E-state index in [1.54, 1.807) is 23.0 Å². The number of ether oxygens (including phenoxy) is 1. The molecule has 4 heterocycles. The minimum atomic E-state index is -3.23. The smallest absolute Gasteiger partial charge is 0.272 e. The molecule has 138 valence electrons. The average Bonchev–Trinajstić information content (AvgIpc) is 3.27. The van der Waals surface area contributed by atoms with E-state index in [9.17, 15) is 13.2 Å². The highest BCUT2D eigenvalue weighted by molar-refractivity contribution is 7.90. The second-order valence-corrected chi connectivity index (χ2v) is 8.74. The van der Waals surface area contributed by atoms with Crippen LogP contribution in [0.2, 0.25) is 0 Å². The molecule has 1 fully saturated rings. The van der Waals surface area contributed by atoms with E-state index in [0.717, 1.165) is 18.5 Å². The molecule has 0 radical (unpaired) electrons. The number of pyridine rings is 1. The molecule has 26 heavy (non-hydrogen) atoms. The number of rotatable bonds is 4. The van der Waals surface area contributed by atoms with Crippen LogP contribution < -0.4 is 5.32 Å². The highest BCUT2D eigenvalue weighted by Crippen LogP contribution is 2.26. The Morgan fingerprint density at radius 3 is 3.00 bits per heavy atom. The highest BCUT2D eigenvalue weighted by atomic mass is 32.2. The Balaban J connectivity index is 1.67. The summed E-state index contributed by atoms with van der Waals surface area (Å²) >= 11 is 0. The van der Waals surface area contributed by atoms with Crippen molar-refractivity contribution in [3.05, 3.63) is 41.3 Å². The Labute approximate surface area is 151 Å². The Kier molecular flexibility index (Phi) is 4.49. The van der Waals surface area contributed by atoms with Crippen LogP contribution in [0.1, 0.15) is 34.6 Å². The van der Waals surface area contributed by atoms with Gasteiger partial charge in [0.2, 0.25) is 0 Å². The summed E-state index contributed by atoms with van der Waals surface area (Å²) in [5, 5.41) is 7.24. The quantitative estimate of drug-likeness (QED) is 0.840. The van der Waals surface area contributed by atoms with Crippen molar-refractivity contribution in [3.63, 3.8) is 0 Å². The number of hydrogen-bond donors (Lipinski definition) is 1. The number of aromatic nitrogens is 3. The minimum Gasteiger partial charge on any atom is -0.376 e. The van der Waals surface area contributed by atoms with Gasteiger partial charge in [-0.15, -0.1) is 0 Å². The molecule has 1 N–H and O–H groups in total. The fraction of sp³-hybridized carbons (Fsp3) is 0.471. The van der Waals surface area contributed by atoms with Gasteiger partial charge in [-0.3, -0.25) is 4.79 Å². The van der Waals surface area contributed by atoms with Crippen LogP contribution in [0.4, 0.5) is 0 Å². The third-order valence-electron chi connectivity index (χ3n) is 4.70. The van der Waals surface area contributed by atoms with Crippen molar-refractivity contribution in [1.82, 2.24) is 20.1 Å². The van der Waals surface area contributed by atoms with E-state index in [0.29, 0.717) is 31.0 Å². The van der Waals surface area contributed by atoms with Crippen molar-refractivity contribution >= 4 is 15.7 Å². The number of carbonyl (C=O) groups excluding carboxylic acids is 1. The number of carbonyl (C=O) groups is 1. The highest BCUT2D eigenvalue weighted by Gasteiger charge is 2.32. The molecular weight excluding hydrogens is 356 g/mol. The summed E-state index contributed by atoms with van der Waals surface area (Å²) in [6, 6.07) is 5.40. The van der Waals surface area contributed by atoms with Crippen LogP contribution in [0.25, 0.3) is 5.82 Å². The Morgan fingerprint density at radius 1 is 1.38 bits per heavy atom. The van der Waals surface area contributed by atoms with Crippen LogP contribution in [-0.4, -0.2) is 54.1 Å². The fourth-order valence-corrected chi connectivity index (χ4v) is 4.78. The lowest BCUT2D eigenvalue weighted by Crippen LogP contribution is -2.33. The Morgan fingerprint density at radius 2 is 2.27 bits per heavy atom. The summed E-state index contributed by atoms with van der Waals surface area (Å²) in [4.78, 5) is 16.9. The van der Waals surface area contributed by atoms with E-state index in [-0.39, 0.29) is 29.2 Å². The zero-order valence-corrected chi connectivity index (χ0v) is 15.0. The van der Waals surface area contributed by atoms with E-state index < -0.39 is 9.84 Å². The summed E-state index contributed by atoms with van der Waals surface area (Å²) < 4.78 is 31.3. The predicted octanol–water partition coefficient (Wildman–Crippen LogP) is 0.647. The summed E-state index contributed by atoms with van der Waals surface area (Å²) in [6.45, 7) is 1.11. The largest absolute Gasteiger partial charge is 0.376 e. The maximum Gasteiger partial charge on any atom is 0.272 e. The molecule has 4 rings (SSSR count). The molecule has 2 aromatic heterocycles. The SMILES string of the molecule is O=C(NCC1CCCO1)c1nn(-c2ccccn2)c2c1CS(=O)(=O)CC2. The molecule has 1 saturated heterocycles. The lowest BCUT2D eigenvalue weighted by atomic mass is 10.1. The normalized spacial score (nSPS) is 21.3. The van der Waals surface area contributed by atoms with E-state index >= 15 is 0 Å². The van der Waals surface area contributed by atoms with Crippen molar-refractivity contribution in [2.75, 3.05) is 18.9 Å². The van der Waals surface area contributed by atoms with Crippen LogP contribution in [0, 0.1) is 0 Å². The van der Waals surface area contributed by atoms with Gasteiger partial charge in [0.1, 0.15) is 0 Å². The first-order valence-corrected chi connectivity index (χ1v) is 10.5. The van der Waals surface area contributed by atoms with Gasteiger partial charge >= 0.3 is 0 Å². The Hall–Kier alpha value is -2.26. The summed E-state index contributed by atoms with van der Waals surface area (Å²) in [7, 11) is -3.23. The molecule has 2 aromatic rings. The maximum absolute atomic E-state index is 12.7. The van der Waals surface area contributed by atoms with Crippen LogP contribution in [0.15, 0.2) is 24.4 Å². The minimum absolute atomic E-state index is 0.0105. The van der Waals surface area contributed by atoms with Gasteiger partial charge in [0.05, 0.1) is 23.3 Å². The van der Waals surface area contributed by atoms with Gasteiger partial charge in [-0.05, 0) is 25.0 Å². The standard InChI is InChI=1S/C17H20N4O4S/c22-17(19-10-12-4-3-8-25-12)16-13-11-26(23,24)9-6-14(13)21(20-16)15-5-1-2-7-18-15/h1-2,5,7,12H,3-4,6,8-11H2,(H,19,22). The zero-order chi connectivity index (χ0) is 18.1. The molecule has 0 spiro atoms. The molecule has 1 atom stereocenters. The van der Waals surface area contributed by atoms with Crippen LogP contribution >= 0.6 is 0 Å². The summed E-state index contributed by atoms with van der Waals surface area (Å²) in [6.07, 6.45) is 3.87. The molecule has 9 heteroatoms. The number of hydrogen-bond acceptors (Lipinski definition) is 6. The van der Waals surface area contributed by atoms with Crippen molar-refractivity contribution in [2.24, 2.45) is 0 Å². The predicted molar refractivity (Wildman–Crippen MR) is 93.9 cm³/mol. The van der Waals surface area contributed by atoms with Crippen LogP contribution in [0.3, 0.4) is 0 Å². The number of fused-ring (bicyclic) bond motifs is 1. The Bertz CT molecular complexity index is 918. The lowest BCUT2D eigenvalue weighted by Gasteiger charge is -2.15. The molecule has 2 aliphatic heterocycles. The fourth-order valence-electron chi connectivity index (χ4n) is 3.38. The number of nitrogens with one attached hydrogen (secondary N) is 1. The first kappa shape index (κ1) is 17.2. The van der Waals surface area contributed by atoms with Crippen LogP contribution in [-0.2, 0) is 26.7 Å².